The maximum Gasteiger partial charge on any atom is 0.216 e. The molecule has 0 aromatic heterocycles. The van der Waals surface area contributed by atoms with E-state index in [2.05, 4.69) is 29.7 Å². The summed E-state index contributed by atoms with van der Waals surface area (Å²) in [5, 5.41) is 15.8. The van der Waals surface area contributed by atoms with Gasteiger partial charge in [0.05, 0.1) is 16.7 Å². The molecule has 226 valence electrons. The van der Waals surface area contributed by atoms with Crippen LogP contribution in [0.3, 0.4) is 0 Å². The zero-order chi connectivity index (χ0) is 30.9. The van der Waals surface area contributed by atoms with Crippen LogP contribution >= 0.6 is 11.6 Å². The highest BCUT2D eigenvalue weighted by molar-refractivity contribution is 6.32. The number of benzene rings is 4. The second-order valence-electron chi connectivity index (χ2n) is 10.4. The van der Waals surface area contributed by atoms with Gasteiger partial charge in [-0.25, -0.2) is 0 Å². The van der Waals surface area contributed by atoms with E-state index >= 15 is 0 Å². The molecule has 0 saturated carbocycles. The number of ether oxygens (including phenoxy) is 4. The number of nitrogens with zero attached hydrogens (tertiary/aromatic N) is 1. The summed E-state index contributed by atoms with van der Waals surface area (Å²) >= 11 is 6.71. The van der Waals surface area contributed by atoms with Crippen LogP contribution in [0.25, 0.3) is 11.1 Å². The van der Waals surface area contributed by atoms with Crippen LogP contribution < -0.4 is 29.6 Å². The Hall–Kier alpha value is -4.71. The largest absolute Gasteiger partial charge is 0.488 e. The normalized spacial score (nSPS) is 11.9. The molecule has 0 aliphatic carbocycles. The number of carbonyl (C=O) groups is 1. The quantitative estimate of drug-likeness (QED) is 0.180. The third-order valence-electron chi connectivity index (χ3n) is 7.24. The highest BCUT2D eigenvalue weighted by atomic mass is 35.5. The Kier molecular flexibility index (Phi) is 10.2. The van der Waals surface area contributed by atoms with E-state index in [-0.39, 0.29) is 12.5 Å². The predicted molar refractivity (Wildman–Crippen MR) is 169 cm³/mol. The van der Waals surface area contributed by atoms with Gasteiger partial charge in [-0.15, -0.1) is 0 Å². The van der Waals surface area contributed by atoms with Crippen molar-refractivity contribution in [3.05, 3.63) is 106 Å². The van der Waals surface area contributed by atoms with Crippen LogP contribution in [-0.4, -0.2) is 32.2 Å². The number of nitriles is 1. The van der Waals surface area contributed by atoms with Gasteiger partial charge in [0.2, 0.25) is 5.91 Å². The van der Waals surface area contributed by atoms with Gasteiger partial charge in [-0.05, 0) is 65.1 Å². The molecular weight excluding hydrogens is 578 g/mol. The molecule has 0 radical (unpaired) electrons. The SMILES string of the molecule is CC(=O)NCCNCc1cc(Cl)c(OCc2cccc(-c3ccc4c(c3)OCCO4)c2C)cc1OCc1cccc(C#N)c1. The lowest BCUT2D eigenvalue weighted by Crippen LogP contribution is -2.30. The molecular formula is C35H34ClN3O5. The molecule has 4 aromatic rings. The van der Waals surface area contributed by atoms with Gasteiger partial charge in [-0.2, -0.15) is 5.26 Å². The average Bonchev–Trinajstić information content (AvgIpc) is 3.04. The van der Waals surface area contributed by atoms with Crippen LogP contribution in [0.2, 0.25) is 5.02 Å². The maximum absolute atomic E-state index is 11.2. The molecule has 0 spiro atoms. The van der Waals surface area contributed by atoms with Crippen molar-refractivity contribution in [2.75, 3.05) is 26.3 Å². The van der Waals surface area contributed by atoms with Crippen molar-refractivity contribution in [2.45, 2.75) is 33.6 Å². The lowest BCUT2D eigenvalue weighted by atomic mass is 9.96. The standard InChI is InChI=1S/C35H34ClN3O5/c1-23-28(7-4-8-30(23)27-9-10-32-35(17-27)42-14-13-41-32)22-44-34-18-33(43-21-26-6-3-5-25(15-26)19-37)29(16-31(34)36)20-38-11-12-39-24(2)40/h3-10,15-18,38H,11-14,20-22H2,1-2H3,(H,39,40). The highest BCUT2D eigenvalue weighted by Crippen LogP contribution is 2.37. The minimum atomic E-state index is -0.0768. The fourth-order valence-electron chi connectivity index (χ4n) is 4.92. The first-order chi connectivity index (χ1) is 21.4. The van der Waals surface area contributed by atoms with Crippen LogP contribution in [-0.2, 0) is 24.6 Å². The lowest BCUT2D eigenvalue weighted by Gasteiger charge is -2.20. The Bertz CT molecular complexity index is 1680. The van der Waals surface area contributed by atoms with E-state index in [1.54, 1.807) is 18.2 Å². The Morgan fingerprint density at radius 2 is 1.70 bits per heavy atom. The molecule has 5 rings (SSSR count). The topological polar surface area (TPSA) is 102 Å². The van der Waals surface area contributed by atoms with Crippen molar-refractivity contribution in [1.82, 2.24) is 10.6 Å². The molecule has 2 N–H and O–H groups in total. The number of amides is 1. The Morgan fingerprint density at radius 3 is 2.52 bits per heavy atom. The minimum Gasteiger partial charge on any atom is -0.488 e. The Labute approximate surface area is 262 Å². The van der Waals surface area contributed by atoms with E-state index in [0.717, 1.165) is 44.9 Å². The molecule has 0 bridgehead atoms. The number of fused-ring (bicyclic) bond motifs is 1. The molecule has 1 heterocycles. The summed E-state index contributed by atoms with van der Waals surface area (Å²) in [4.78, 5) is 11.2. The predicted octanol–water partition coefficient (Wildman–Crippen LogP) is 6.34. The number of halogens is 1. The monoisotopic (exact) mass is 611 g/mol. The molecule has 0 fully saturated rings. The molecule has 8 nitrogen and oxygen atoms in total. The van der Waals surface area contributed by atoms with Crippen molar-refractivity contribution < 1.29 is 23.7 Å². The number of carbonyl (C=O) groups excluding carboxylic acids is 1. The summed E-state index contributed by atoms with van der Waals surface area (Å²) in [6.07, 6.45) is 0. The van der Waals surface area contributed by atoms with Crippen LogP contribution in [0.4, 0.5) is 0 Å². The van der Waals surface area contributed by atoms with Gasteiger partial charge in [-0.3, -0.25) is 4.79 Å². The van der Waals surface area contributed by atoms with Crippen LogP contribution in [0.1, 0.15) is 34.7 Å². The van der Waals surface area contributed by atoms with Crippen molar-refractivity contribution in [1.29, 1.82) is 5.26 Å². The average molecular weight is 612 g/mol. The molecule has 9 heteroatoms. The van der Waals surface area contributed by atoms with E-state index in [9.17, 15) is 10.1 Å². The fraction of sp³-hybridized carbons (Fsp3) is 0.257. The first kappa shape index (κ1) is 30.7. The number of hydrogen-bond donors (Lipinski definition) is 2. The lowest BCUT2D eigenvalue weighted by molar-refractivity contribution is -0.118. The van der Waals surface area contributed by atoms with Gasteiger partial charge in [0, 0.05) is 38.2 Å². The molecule has 1 amide bonds. The third-order valence-corrected chi connectivity index (χ3v) is 7.53. The molecule has 0 unspecified atom stereocenters. The van der Waals surface area contributed by atoms with Crippen LogP contribution in [0, 0.1) is 18.3 Å². The van der Waals surface area contributed by atoms with E-state index in [1.807, 2.05) is 48.5 Å². The summed E-state index contributed by atoms with van der Waals surface area (Å²) in [5.74, 6) is 2.54. The second-order valence-corrected chi connectivity index (χ2v) is 10.8. The van der Waals surface area contributed by atoms with Crippen molar-refractivity contribution in [3.63, 3.8) is 0 Å². The minimum absolute atomic E-state index is 0.0768. The summed E-state index contributed by atoms with van der Waals surface area (Å²) in [5.41, 5.74) is 6.52. The Morgan fingerprint density at radius 1 is 0.909 bits per heavy atom. The zero-order valence-corrected chi connectivity index (χ0v) is 25.5. The second kappa shape index (κ2) is 14.6. The molecule has 0 atom stereocenters. The van der Waals surface area contributed by atoms with Crippen LogP contribution in [0.5, 0.6) is 23.0 Å². The first-order valence-electron chi connectivity index (χ1n) is 14.4. The molecule has 1 aliphatic rings. The van der Waals surface area contributed by atoms with Crippen molar-refractivity contribution in [3.8, 4) is 40.2 Å². The summed E-state index contributed by atoms with van der Waals surface area (Å²) < 4.78 is 24.0. The van der Waals surface area contributed by atoms with Gasteiger partial charge in [-0.1, -0.05) is 48.0 Å². The van der Waals surface area contributed by atoms with Gasteiger partial charge in [0.25, 0.3) is 0 Å². The molecule has 44 heavy (non-hydrogen) atoms. The van der Waals surface area contributed by atoms with Crippen LogP contribution in [0.15, 0.2) is 72.8 Å². The summed E-state index contributed by atoms with van der Waals surface area (Å²) in [6, 6.07) is 25.2. The number of rotatable bonds is 12. The zero-order valence-electron chi connectivity index (χ0n) is 24.7. The Balaban J connectivity index is 1.33. The number of hydrogen-bond acceptors (Lipinski definition) is 7. The van der Waals surface area contributed by atoms with Crippen molar-refractivity contribution in [2.24, 2.45) is 0 Å². The smallest absolute Gasteiger partial charge is 0.216 e. The van der Waals surface area contributed by atoms with Gasteiger partial charge in [0.1, 0.15) is 37.9 Å². The summed E-state index contributed by atoms with van der Waals surface area (Å²) in [6.45, 7) is 6.79. The van der Waals surface area contributed by atoms with E-state index < -0.39 is 0 Å². The van der Waals surface area contributed by atoms with Crippen molar-refractivity contribution >= 4 is 17.5 Å². The maximum atomic E-state index is 11.2. The summed E-state index contributed by atoms with van der Waals surface area (Å²) in [7, 11) is 0. The number of nitrogens with one attached hydrogen (secondary N) is 2. The van der Waals surface area contributed by atoms with Gasteiger partial charge in [0.15, 0.2) is 11.5 Å². The van der Waals surface area contributed by atoms with Gasteiger partial charge < -0.3 is 29.6 Å². The molecule has 0 saturated heterocycles. The van der Waals surface area contributed by atoms with E-state index in [1.165, 1.54) is 6.92 Å². The first-order valence-corrected chi connectivity index (χ1v) is 14.8. The molecule has 4 aromatic carbocycles. The van der Waals surface area contributed by atoms with E-state index in [4.69, 9.17) is 30.5 Å². The molecule has 1 aliphatic heterocycles. The fourth-order valence-corrected chi connectivity index (χ4v) is 5.16. The van der Waals surface area contributed by atoms with Gasteiger partial charge >= 0.3 is 0 Å². The third kappa shape index (κ3) is 7.81. The highest BCUT2D eigenvalue weighted by Gasteiger charge is 2.16. The van der Waals surface area contributed by atoms with E-state index in [0.29, 0.717) is 61.5 Å².